The second-order valence-corrected chi connectivity index (χ2v) is 6.06. The summed E-state index contributed by atoms with van der Waals surface area (Å²) in [5, 5.41) is 15.3. The summed E-state index contributed by atoms with van der Waals surface area (Å²) in [5.41, 5.74) is 1.20. The van der Waals surface area contributed by atoms with Crippen molar-refractivity contribution in [2.75, 3.05) is 5.32 Å². The molecule has 98 valence electrons. The Balaban J connectivity index is 2.10. The van der Waals surface area contributed by atoms with Crippen molar-refractivity contribution in [3.05, 3.63) is 45.0 Å². The van der Waals surface area contributed by atoms with Gasteiger partial charge in [-0.25, -0.2) is 4.98 Å². The minimum absolute atomic E-state index is 0.179. The number of aromatic nitrogens is 2. The summed E-state index contributed by atoms with van der Waals surface area (Å²) in [6, 6.07) is 9.49. The van der Waals surface area contributed by atoms with Gasteiger partial charge in [0.05, 0.1) is 16.6 Å². The number of fused-ring (bicyclic) bond motifs is 1. The Hall–Kier alpha value is -1.68. The van der Waals surface area contributed by atoms with Gasteiger partial charge in [-0.2, -0.15) is 10.2 Å². The molecule has 7 heteroatoms. The van der Waals surface area contributed by atoms with Crippen LogP contribution in [0.1, 0.15) is 5.56 Å². The minimum atomic E-state index is 0.179. The van der Waals surface area contributed by atoms with Crippen molar-refractivity contribution in [3.8, 4) is 6.07 Å². The van der Waals surface area contributed by atoms with E-state index in [-0.39, 0.29) is 5.28 Å². The molecule has 2 heterocycles. The molecule has 0 saturated carbocycles. The lowest BCUT2D eigenvalue weighted by atomic mass is 10.2. The van der Waals surface area contributed by atoms with Gasteiger partial charge in [-0.05, 0) is 41.2 Å². The van der Waals surface area contributed by atoms with E-state index in [9.17, 15) is 5.26 Å². The Labute approximate surface area is 132 Å². The molecule has 0 aliphatic heterocycles. The molecule has 0 fully saturated rings. The van der Waals surface area contributed by atoms with Crippen LogP contribution >= 0.6 is 38.9 Å². The highest BCUT2D eigenvalue weighted by atomic mass is 79.9. The maximum Gasteiger partial charge on any atom is 0.225 e. The fourth-order valence-corrected chi connectivity index (χ4v) is 3.11. The summed E-state index contributed by atoms with van der Waals surface area (Å²) in [5.74, 6) is 0.597. The predicted molar refractivity (Wildman–Crippen MR) is 84.6 cm³/mol. The van der Waals surface area contributed by atoms with Crippen molar-refractivity contribution < 1.29 is 0 Å². The molecule has 0 atom stereocenters. The topological polar surface area (TPSA) is 61.6 Å². The first-order chi connectivity index (χ1) is 9.67. The van der Waals surface area contributed by atoms with Crippen molar-refractivity contribution >= 4 is 60.6 Å². The van der Waals surface area contributed by atoms with Gasteiger partial charge in [0.1, 0.15) is 16.7 Å². The van der Waals surface area contributed by atoms with Crippen LogP contribution in [0.2, 0.25) is 5.28 Å². The molecule has 0 saturated heterocycles. The molecule has 3 rings (SSSR count). The number of nitrogens with one attached hydrogen (secondary N) is 1. The normalized spacial score (nSPS) is 10.4. The largest absolute Gasteiger partial charge is 0.338 e. The highest BCUT2D eigenvalue weighted by Crippen LogP contribution is 2.30. The number of benzene rings is 1. The zero-order valence-corrected chi connectivity index (χ0v) is 13.1. The highest BCUT2D eigenvalue weighted by molar-refractivity contribution is 9.10. The molecule has 0 radical (unpaired) electrons. The number of nitriles is 1. The predicted octanol–water partition coefficient (Wildman–Crippen LogP) is 4.72. The van der Waals surface area contributed by atoms with E-state index in [0.29, 0.717) is 17.1 Å². The van der Waals surface area contributed by atoms with E-state index >= 15 is 0 Å². The Kier molecular flexibility index (Phi) is 3.57. The molecule has 4 nitrogen and oxygen atoms in total. The van der Waals surface area contributed by atoms with Crippen LogP contribution in [0, 0.1) is 11.3 Å². The molecular formula is C13H6BrClN4S. The monoisotopic (exact) mass is 364 g/mol. The third-order valence-electron chi connectivity index (χ3n) is 2.65. The van der Waals surface area contributed by atoms with E-state index in [1.807, 2.05) is 23.6 Å². The number of rotatable bonds is 2. The first-order valence-corrected chi connectivity index (χ1v) is 7.60. The first kappa shape index (κ1) is 13.3. The molecule has 0 unspecified atom stereocenters. The first-order valence-electron chi connectivity index (χ1n) is 5.55. The molecular weight excluding hydrogens is 360 g/mol. The van der Waals surface area contributed by atoms with Gasteiger partial charge in [0.25, 0.3) is 0 Å². The van der Waals surface area contributed by atoms with Crippen LogP contribution in [0.25, 0.3) is 10.2 Å². The maximum absolute atomic E-state index is 9.18. The molecule has 0 spiro atoms. The fourth-order valence-electron chi connectivity index (χ4n) is 1.77. The zero-order valence-electron chi connectivity index (χ0n) is 9.89. The molecule has 1 aromatic carbocycles. The van der Waals surface area contributed by atoms with E-state index in [2.05, 4.69) is 37.3 Å². The molecule has 0 aliphatic carbocycles. The SMILES string of the molecule is N#Cc1cc(Br)ccc1Nc1nc(Cl)nc2sccc12. The average molecular weight is 366 g/mol. The molecule has 1 N–H and O–H groups in total. The van der Waals surface area contributed by atoms with Gasteiger partial charge in [0.15, 0.2) is 0 Å². The van der Waals surface area contributed by atoms with E-state index < -0.39 is 0 Å². The lowest BCUT2D eigenvalue weighted by molar-refractivity contribution is 1.23. The number of hydrogen-bond acceptors (Lipinski definition) is 5. The number of anilines is 2. The van der Waals surface area contributed by atoms with Crippen molar-refractivity contribution in [1.29, 1.82) is 5.26 Å². The summed E-state index contributed by atoms with van der Waals surface area (Å²) in [6.45, 7) is 0. The van der Waals surface area contributed by atoms with Crippen molar-refractivity contribution in [1.82, 2.24) is 9.97 Å². The third kappa shape index (κ3) is 2.48. The van der Waals surface area contributed by atoms with E-state index in [1.165, 1.54) is 11.3 Å². The summed E-state index contributed by atoms with van der Waals surface area (Å²) < 4.78 is 0.848. The van der Waals surface area contributed by atoms with Crippen molar-refractivity contribution in [2.45, 2.75) is 0 Å². The van der Waals surface area contributed by atoms with Gasteiger partial charge in [0.2, 0.25) is 5.28 Å². The highest BCUT2D eigenvalue weighted by Gasteiger charge is 2.10. The molecule has 20 heavy (non-hydrogen) atoms. The van der Waals surface area contributed by atoms with Crippen LogP contribution in [0.3, 0.4) is 0 Å². The molecule has 3 aromatic rings. The van der Waals surface area contributed by atoms with Gasteiger partial charge in [-0.3, -0.25) is 0 Å². The number of thiophene rings is 1. The van der Waals surface area contributed by atoms with E-state index in [0.717, 1.165) is 14.7 Å². The lowest BCUT2D eigenvalue weighted by Crippen LogP contribution is -1.98. The van der Waals surface area contributed by atoms with Crippen LogP contribution in [-0.2, 0) is 0 Å². The maximum atomic E-state index is 9.18. The van der Waals surface area contributed by atoms with Gasteiger partial charge >= 0.3 is 0 Å². The average Bonchev–Trinajstić information content (AvgIpc) is 2.88. The molecule has 0 bridgehead atoms. The van der Waals surface area contributed by atoms with Crippen LogP contribution < -0.4 is 5.32 Å². The minimum Gasteiger partial charge on any atom is -0.338 e. The standard InChI is InChI=1S/C13H6BrClN4S/c14-8-1-2-10(7(5-8)6-16)17-11-9-3-4-20-12(9)19-13(15)18-11/h1-5H,(H,17,18,19). The Morgan fingerprint density at radius 3 is 2.95 bits per heavy atom. The van der Waals surface area contributed by atoms with Gasteiger partial charge in [-0.15, -0.1) is 11.3 Å². The van der Waals surface area contributed by atoms with Crippen LogP contribution in [-0.4, -0.2) is 9.97 Å². The Morgan fingerprint density at radius 1 is 1.30 bits per heavy atom. The molecule has 2 aromatic heterocycles. The summed E-state index contributed by atoms with van der Waals surface area (Å²) in [7, 11) is 0. The third-order valence-corrected chi connectivity index (χ3v) is 4.12. The fraction of sp³-hybridized carbons (Fsp3) is 0. The number of hydrogen-bond donors (Lipinski definition) is 1. The van der Waals surface area contributed by atoms with Crippen molar-refractivity contribution in [2.24, 2.45) is 0 Å². The summed E-state index contributed by atoms with van der Waals surface area (Å²) >= 11 is 10.8. The number of halogens is 2. The van der Waals surface area contributed by atoms with Crippen LogP contribution in [0.5, 0.6) is 0 Å². The van der Waals surface area contributed by atoms with Gasteiger partial charge in [0, 0.05) is 4.47 Å². The zero-order chi connectivity index (χ0) is 14.1. The van der Waals surface area contributed by atoms with E-state index in [4.69, 9.17) is 11.6 Å². The number of nitrogens with zero attached hydrogens (tertiary/aromatic N) is 3. The summed E-state index contributed by atoms with van der Waals surface area (Å²) in [6.07, 6.45) is 0. The smallest absolute Gasteiger partial charge is 0.225 e. The summed E-state index contributed by atoms with van der Waals surface area (Å²) in [4.78, 5) is 9.16. The van der Waals surface area contributed by atoms with Gasteiger partial charge < -0.3 is 5.32 Å². The molecule has 0 amide bonds. The van der Waals surface area contributed by atoms with Crippen LogP contribution in [0.4, 0.5) is 11.5 Å². The molecule has 0 aliphatic rings. The second-order valence-electron chi connectivity index (χ2n) is 3.91. The van der Waals surface area contributed by atoms with E-state index in [1.54, 1.807) is 6.07 Å². The Morgan fingerprint density at radius 2 is 2.15 bits per heavy atom. The van der Waals surface area contributed by atoms with Crippen LogP contribution in [0.15, 0.2) is 34.1 Å². The van der Waals surface area contributed by atoms with Crippen molar-refractivity contribution in [3.63, 3.8) is 0 Å². The quantitative estimate of drug-likeness (QED) is 0.667. The van der Waals surface area contributed by atoms with Gasteiger partial charge in [-0.1, -0.05) is 15.9 Å². The Bertz CT molecular complexity index is 840. The lowest BCUT2D eigenvalue weighted by Gasteiger charge is -2.09. The second kappa shape index (κ2) is 5.37.